The van der Waals surface area contributed by atoms with Crippen LogP contribution in [0, 0.1) is 3.57 Å². The van der Waals surface area contributed by atoms with Crippen molar-refractivity contribution in [3.8, 4) is 0 Å². The van der Waals surface area contributed by atoms with Crippen LogP contribution < -0.4 is 10.6 Å². The van der Waals surface area contributed by atoms with Gasteiger partial charge in [0.25, 0.3) is 5.91 Å². The van der Waals surface area contributed by atoms with Crippen molar-refractivity contribution in [2.75, 3.05) is 32.7 Å². The Morgan fingerprint density at radius 2 is 2.07 bits per heavy atom. The zero-order valence-corrected chi connectivity index (χ0v) is 19.6. The highest BCUT2D eigenvalue weighted by atomic mass is 127. The van der Waals surface area contributed by atoms with E-state index in [0.29, 0.717) is 43.9 Å². The van der Waals surface area contributed by atoms with Gasteiger partial charge in [-0.2, -0.15) is 4.39 Å². The third kappa shape index (κ3) is 7.06. The molecule has 0 spiro atoms. The van der Waals surface area contributed by atoms with Gasteiger partial charge in [0, 0.05) is 36.3 Å². The number of nitrogens with one attached hydrogen (secondary N) is 2. The van der Waals surface area contributed by atoms with E-state index in [-0.39, 0.29) is 36.7 Å². The summed E-state index contributed by atoms with van der Waals surface area (Å²) in [6, 6.07) is 5.71. The van der Waals surface area contributed by atoms with Crippen molar-refractivity contribution in [3.63, 3.8) is 0 Å². The average Bonchev–Trinajstić information content (AvgIpc) is 2.67. The van der Waals surface area contributed by atoms with Gasteiger partial charge in [-0.15, -0.1) is 24.8 Å². The Balaban J connectivity index is 0.00000210. The van der Waals surface area contributed by atoms with Crippen LogP contribution in [0.1, 0.15) is 17.4 Å². The summed E-state index contributed by atoms with van der Waals surface area (Å²) >= 11 is 2.21. The van der Waals surface area contributed by atoms with Gasteiger partial charge in [0.05, 0.1) is 17.2 Å². The van der Waals surface area contributed by atoms with Crippen molar-refractivity contribution >= 4 is 64.3 Å². The summed E-state index contributed by atoms with van der Waals surface area (Å²) in [5.74, 6) is -0.458. The summed E-state index contributed by atoms with van der Waals surface area (Å²) in [6.45, 7) is 4.76. The van der Waals surface area contributed by atoms with Crippen molar-refractivity contribution < 1.29 is 9.18 Å². The predicted octanol–water partition coefficient (Wildman–Crippen LogP) is 3.47. The van der Waals surface area contributed by atoms with E-state index in [4.69, 9.17) is 0 Å². The molecule has 1 aliphatic rings. The van der Waals surface area contributed by atoms with Crippen LogP contribution in [0.4, 0.5) is 4.39 Å². The van der Waals surface area contributed by atoms with Gasteiger partial charge in [-0.3, -0.25) is 9.78 Å². The van der Waals surface area contributed by atoms with Crippen LogP contribution in [-0.2, 0) is 0 Å². The predicted molar refractivity (Wildman–Crippen MR) is 126 cm³/mol. The fourth-order valence-electron chi connectivity index (χ4n) is 2.70. The van der Waals surface area contributed by atoms with E-state index in [1.54, 1.807) is 11.0 Å². The Bertz CT molecular complexity index is 909. The summed E-state index contributed by atoms with van der Waals surface area (Å²) in [7, 11) is 0. The molecule has 0 fully saturated rings. The molecule has 2 N–H and O–H groups in total. The fourth-order valence-corrected chi connectivity index (χ4v) is 3.18. The number of rotatable bonds is 7. The lowest BCUT2D eigenvalue weighted by molar-refractivity contribution is 0.0949. The highest BCUT2D eigenvalue weighted by Gasteiger charge is 2.12. The van der Waals surface area contributed by atoms with Gasteiger partial charge in [0.2, 0.25) is 0 Å². The van der Waals surface area contributed by atoms with E-state index >= 15 is 0 Å². The third-order valence-corrected chi connectivity index (χ3v) is 4.89. The number of likely N-dealkylation sites (N-methyl/N-ethyl adjacent to an activating group) is 1. The maximum Gasteiger partial charge on any atom is 0.271 e. The van der Waals surface area contributed by atoms with E-state index in [2.05, 4.69) is 43.2 Å². The SMILES string of the molecule is CCN1CC=C(CNCCNC(=O)c2cnc3cc(I)ccc3n2)C=C1F.Cl.Cl. The molecule has 158 valence electrons. The molecule has 1 aromatic carbocycles. The summed E-state index contributed by atoms with van der Waals surface area (Å²) in [5.41, 5.74) is 2.67. The Morgan fingerprint density at radius 3 is 2.79 bits per heavy atom. The second-order valence-corrected chi connectivity index (χ2v) is 7.35. The van der Waals surface area contributed by atoms with E-state index in [0.717, 1.165) is 14.7 Å². The molecule has 1 amide bonds. The van der Waals surface area contributed by atoms with Crippen molar-refractivity contribution in [2.45, 2.75) is 6.92 Å². The molecule has 29 heavy (non-hydrogen) atoms. The van der Waals surface area contributed by atoms with E-state index in [1.165, 1.54) is 6.20 Å². The molecule has 0 aliphatic carbocycles. The second-order valence-electron chi connectivity index (χ2n) is 6.11. The minimum absolute atomic E-state index is 0. The molecule has 1 aromatic heterocycles. The first-order valence-corrected chi connectivity index (χ1v) is 9.87. The maximum absolute atomic E-state index is 13.7. The smallest absolute Gasteiger partial charge is 0.271 e. The lowest BCUT2D eigenvalue weighted by Gasteiger charge is -2.23. The van der Waals surface area contributed by atoms with Gasteiger partial charge in [0.15, 0.2) is 5.95 Å². The number of benzene rings is 1. The van der Waals surface area contributed by atoms with Gasteiger partial charge in [-0.05, 0) is 59.4 Å². The topological polar surface area (TPSA) is 70.2 Å². The lowest BCUT2D eigenvalue weighted by atomic mass is 10.2. The minimum Gasteiger partial charge on any atom is -0.349 e. The first kappa shape index (κ1) is 25.5. The summed E-state index contributed by atoms with van der Waals surface area (Å²) in [4.78, 5) is 22.5. The molecule has 10 heteroatoms. The number of carbonyl (C=O) groups is 1. The van der Waals surface area contributed by atoms with Crippen LogP contribution in [0.25, 0.3) is 11.0 Å². The van der Waals surface area contributed by atoms with Crippen molar-refractivity contribution in [1.82, 2.24) is 25.5 Å². The van der Waals surface area contributed by atoms with Gasteiger partial charge >= 0.3 is 0 Å². The standard InChI is InChI=1S/C19H21FIN5O.2ClH/c1-2-26-8-5-13(9-18(26)20)11-22-6-7-23-19(27)17-12-24-16-10-14(21)3-4-15(16)25-17;;/h3-5,9-10,12,22H,2,6-8,11H2,1H3,(H,23,27);2*1H. The zero-order valence-electron chi connectivity index (χ0n) is 15.8. The Morgan fingerprint density at radius 1 is 1.28 bits per heavy atom. The van der Waals surface area contributed by atoms with Crippen molar-refractivity contribution in [3.05, 3.63) is 57.3 Å². The normalized spacial score (nSPS) is 13.1. The average molecular weight is 554 g/mol. The van der Waals surface area contributed by atoms with Crippen LogP contribution >= 0.6 is 47.4 Å². The molecule has 2 heterocycles. The number of fused-ring (bicyclic) bond motifs is 1. The molecular formula is C19H23Cl2FIN5O. The first-order chi connectivity index (χ1) is 13.1. The molecule has 0 bridgehead atoms. The number of carbonyl (C=O) groups excluding carboxylic acids is 1. The summed E-state index contributed by atoms with van der Waals surface area (Å²) in [6.07, 6.45) is 5.04. The lowest BCUT2D eigenvalue weighted by Crippen LogP contribution is -2.33. The quantitative estimate of drug-likeness (QED) is 0.312. The molecule has 0 saturated heterocycles. The number of hydrogen-bond acceptors (Lipinski definition) is 5. The van der Waals surface area contributed by atoms with Gasteiger partial charge < -0.3 is 15.5 Å². The summed E-state index contributed by atoms with van der Waals surface area (Å²) in [5, 5.41) is 6.02. The highest BCUT2D eigenvalue weighted by Crippen LogP contribution is 2.15. The molecule has 3 rings (SSSR count). The number of aromatic nitrogens is 2. The molecule has 0 atom stereocenters. The molecule has 6 nitrogen and oxygen atoms in total. The second kappa shape index (κ2) is 12.3. The zero-order chi connectivity index (χ0) is 19.2. The van der Waals surface area contributed by atoms with Gasteiger partial charge in [0.1, 0.15) is 5.69 Å². The first-order valence-electron chi connectivity index (χ1n) is 8.79. The Hall–Kier alpha value is -1.49. The number of nitrogens with zero attached hydrogens (tertiary/aromatic N) is 3. The number of amides is 1. The molecule has 0 saturated carbocycles. The Kier molecular flexibility index (Phi) is 10.8. The fraction of sp³-hybridized carbons (Fsp3) is 0.316. The monoisotopic (exact) mass is 553 g/mol. The van der Waals surface area contributed by atoms with Crippen LogP contribution in [0.3, 0.4) is 0 Å². The van der Waals surface area contributed by atoms with Crippen molar-refractivity contribution in [2.24, 2.45) is 0 Å². The van der Waals surface area contributed by atoms with Gasteiger partial charge in [-0.25, -0.2) is 4.98 Å². The van der Waals surface area contributed by atoms with Crippen LogP contribution in [0.2, 0.25) is 0 Å². The molecule has 1 aliphatic heterocycles. The van der Waals surface area contributed by atoms with E-state index in [9.17, 15) is 9.18 Å². The highest BCUT2D eigenvalue weighted by molar-refractivity contribution is 14.1. The minimum atomic E-state index is -0.258. The largest absolute Gasteiger partial charge is 0.349 e. The van der Waals surface area contributed by atoms with E-state index < -0.39 is 0 Å². The molecular weight excluding hydrogens is 531 g/mol. The number of hydrogen-bond donors (Lipinski definition) is 2. The number of halogens is 4. The van der Waals surface area contributed by atoms with Crippen molar-refractivity contribution in [1.29, 1.82) is 0 Å². The van der Waals surface area contributed by atoms with E-state index in [1.807, 2.05) is 31.2 Å². The Labute approximate surface area is 195 Å². The van der Waals surface area contributed by atoms with Gasteiger partial charge in [-0.1, -0.05) is 6.08 Å². The summed E-state index contributed by atoms with van der Waals surface area (Å²) < 4.78 is 14.8. The molecule has 2 aromatic rings. The maximum atomic E-state index is 13.7. The van der Waals surface area contributed by atoms with Crippen LogP contribution in [0.5, 0.6) is 0 Å². The third-order valence-electron chi connectivity index (χ3n) is 4.22. The van der Waals surface area contributed by atoms with Crippen LogP contribution in [-0.4, -0.2) is 53.5 Å². The van der Waals surface area contributed by atoms with Crippen LogP contribution in [0.15, 0.2) is 48.1 Å². The molecule has 0 radical (unpaired) electrons. The molecule has 0 unspecified atom stereocenters.